The first-order valence-corrected chi connectivity index (χ1v) is 24.0. The molecular weight excluding hydrogens is 778 g/mol. The minimum atomic E-state index is -2.01. The summed E-state index contributed by atoms with van der Waals surface area (Å²) in [4.78, 5) is 16.8. The van der Waals surface area contributed by atoms with Gasteiger partial charge in [-0.05, 0) is 45.9 Å². The van der Waals surface area contributed by atoms with E-state index >= 15 is 0 Å². The zero-order chi connectivity index (χ0) is 38.9. The predicted octanol–water partition coefficient (Wildman–Crippen LogP) is 13.1. The Morgan fingerprint density at radius 1 is 0.808 bits per heavy atom. The second-order valence-corrected chi connectivity index (χ2v) is 21.1. The summed E-state index contributed by atoms with van der Waals surface area (Å²) in [6.45, 7) is 31.2. The standard InChI is InChI=1S/C27H39N2.C16H23NO3.2ClH.Ru/c1-18(2)22-11-9-12-23(19(3)4)26(22)28-15-16-29(17-28)27-24(20(5)6)13-10-14-25(27)21(7)8;1-11(2)10-19-16(18)17-14-7-8-15(13(5)9-14)20(6)12(3)4;;;/h9-14,17-21H,15-16H2,1-8H3;5,7-9,11-12H,6,10H2,1-4H3,(H,17,18);2*1H;/q-1;;;;+2/p-2. The van der Waals surface area contributed by atoms with Gasteiger partial charge in [-0.15, -0.1) is 0 Å². The number of ether oxygens (including phenoxy) is 1. The van der Waals surface area contributed by atoms with Gasteiger partial charge < -0.3 is 9.80 Å². The van der Waals surface area contributed by atoms with Gasteiger partial charge in [-0.2, -0.15) is 6.67 Å². The number of benzene rings is 3. The quantitative estimate of drug-likeness (QED) is 0.112. The van der Waals surface area contributed by atoms with Crippen LogP contribution in [0, 0.1) is 19.7 Å². The maximum atomic E-state index is 11.8. The molecule has 0 aromatic heterocycles. The average Bonchev–Trinajstić information content (AvgIpc) is 3.56. The molecule has 1 N–H and O–H groups in total. The first-order valence-electron chi connectivity index (χ1n) is 18.5. The minimum absolute atomic E-state index is 0.142. The van der Waals surface area contributed by atoms with Gasteiger partial charge in [0.05, 0.1) is 0 Å². The predicted molar refractivity (Wildman–Crippen MR) is 222 cm³/mol. The number of hydrogen-bond acceptors (Lipinski definition) is 4. The molecule has 0 unspecified atom stereocenters. The number of para-hydroxylation sites is 2. The van der Waals surface area contributed by atoms with E-state index in [1.807, 2.05) is 44.4 Å². The molecule has 0 atom stereocenters. The van der Waals surface area contributed by atoms with E-state index in [0.717, 1.165) is 24.4 Å². The molecule has 3 aromatic carbocycles. The van der Waals surface area contributed by atoms with Crippen molar-refractivity contribution in [3.05, 3.63) is 96.2 Å². The monoisotopic (exact) mass is 840 g/mol. The number of nitrogens with zero attached hydrogens (tertiary/aromatic N) is 2. The number of rotatable bonds is 12. The van der Waals surface area contributed by atoms with Crippen LogP contribution in [0.4, 0.5) is 21.9 Å². The van der Waals surface area contributed by atoms with Crippen molar-refractivity contribution >= 4 is 47.1 Å². The van der Waals surface area contributed by atoms with Crippen LogP contribution in [-0.2, 0) is 22.6 Å². The first kappa shape index (κ1) is 43.8. The summed E-state index contributed by atoms with van der Waals surface area (Å²) >= 11 is -2.01. The van der Waals surface area contributed by atoms with Gasteiger partial charge in [-0.1, -0.05) is 91.8 Å². The average molecular weight is 841 g/mol. The molecule has 1 aliphatic heterocycles. The first-order chi connectivity index (χ1) is 24.4. The van der Waals surface area contributed by atoms with Crippen LogP contribution in [-0.4, -0.2) is 36.5 Å². The third kappa shape index (κ3) is 12.0. The third-order valence-electron chi connectivity index (χ3n) is 8.96. The van der Waals surface area contributed by atoms with Crippen LogP contribution in [0.25, 0.3) is 0 Å². The van der Waals surface area contributed by atoms with E-state index in [4.69, 9.17) is 24.1 Å². The maximum absolute atomic E-state index is 11.8. The molecular formula is C43H62Cl2N3O3Ru-. The Hall–Kier alpha value is -2.60. The van der Waals surface area contributed by atoms with E-state index in [-0.39, 0.29) is 12.0 Å². The van der Waals surface area contributed by atoms with Crippen molar-refractivity contribution in [2.45, 2.75) is 113 Å². The fraction of sp³-hybridized carbons (Fsp3) is 0.488. The summed E-state index contributed by atoms with van der Waals surface area (Å²) in [5.74, 6) is 3.18. The van der Waals surface area contributed by atoms with Crippen LogP contribution in [0.2, 0.25) is 0 Å². The van der Waals surface area contributed by atoms with Gasteiger partial charge in [0.15, 0.2) is 0 Å². The number of carbonyl (C=O) groups excluding carboxylic acids is 1. The Kier molecular flexibility index (Phi) is 17.0. The number of hydrogen-bond donors (Lipinski definition) is 1. The Morgan fingerprint density at radius 3 is 1.62 bits per heavy atom. The van der Waals surface area contributed by atoms with Gasteiger partial charge >= 0.3 is 151 Å². The SMILES string of the molecule is CC(C)c1cccc(C(C)C)c1N1[CH-]N(c2c(C(C)C)cccc2C(C)C)CC1.[CH2-][O+](c1ccc(NC(=O)OCC(C)C)cc1[CH]=[Ru]([Cl])[Cl])C(C)C. The molecule has 1 saturated heterocycles. The van der Waals surface area contributed by atoms with Crippen LogP contribution in [0.3, 0.4) is 0 Å². The van der Waals surface area contributed by atoms with Crippen molar-refractivity contribution in [3.8, 4) is 5.75 Å². The normalized spacial score (nSPS) is 13.4. The molecule has 1 heterocycles. The summed E-state index contributed by atoms with van der Waals surface area (Å²) in [6, 6.07) is 19.1. The molecule has 0 spiro atoms. The molecule has 52 heavy (non-hydrogen) atoms. The van der Waals surface area contributed by atoms with Crippen LogP contribution < -0.4 is 15.1 Å². The Morgan fingerprint density at radius 2 is 1.25 bits per heavy atom. The van der Waals surface area contributed by atoms with Gasteiger partial charge in [0.2, 0.25) is 0 Å². The van der Waals surface area contributed by atoms with Crippen LogP contribution in [0.15, 0.2) is 54.6 Å². The number of halogens is 2. The summed E-state index contributed by atoms with van der Waals surface area (Å²) in [6.07, 6.45) is -0.338. The molecule has 6 nitrogen and oxygen atoms in total. The van der Waals surface area contributed by atoms with Crippen molar-refractivity contribution in [2.24, 2.45) is 5.92 Å². The van der Waals surface area contributed by atoms with Crippen molar-refractivity contribution in [1.29, 1.82) is 0 Å². The third-order valence-corrected chi connectivity index (χ3v) is 10.8. The number of amides is 1. The van der Waals surface area contributed by atoms with Crippen LogP contribution in [0.5, 0.6) is 5.75 Å². The zero-order valence-electron chi connectivity index (χ0n) is 33.4. The van der Waals surface area contributed by atoms with Gasteiger partial charge in [-0.25, -0.2) is 0 Å². The molecule has 290 valence electrons. The summed E-state index contributed by atoms with van der Waals surface area (Å²) in [5, 5.41) is 2.71. The van der Waals surface area contributed by atoms with E-state index < -0.39 is 19.6 Å². The molecule has 1 aliphatic rings. The summed E-state index contributed by atoms with van der Waals surface area (Å²) in [5.41, 5.74) is 10.1. The molecule has 9 heteroatoms. The second kappa shape index (κ2) is 20.2. The Bertz CT molecular complexity index is 1530. The van der Waals surface area contributed by atoms with E-state index in [0.29, 0.717) is 36.0 Å². The van der Waals surface area contributed by atoms with Gasteiger partial charge in [0, 0.05) is 24.5 Å². The molecule has 1 amide bonds. The van der Waals surface area contributed by atoms with Gasteiger partial charge in [0.1, 0.15) is 0 Å². The Labute approximate surface area is 328 Å². The molecule has 3 aromatic rings. The molecule has 0 bridgehead atoms. The van der Waals surface area contributed by atoms with Crippen molar-refractivity contribution in [1.82, 2.24) is 0 Å². The van der Waals surface area contributed by atoms with Crippen molar-refractivity contribution < 1.29 is 27.4 Å². The Balaban J connectivity index is 0.000000289. The van der Waals surface area contributed by atoms with E-state index in [9.17, 15) is 4.79 Å². The van der Waals surface area contributed by atoms with Gasteiger partial charge in [0.25, 0.3) is 0 Å². The molecule has 0 radical (unpaired) electrons. The molecule has 4 rings (SSSR count). The molecule has 0 aliphatic carbocycles. The fourth-order valence-electron chi connectivity index (χ4n) is 6.20. The van der Waals surface area contributed by atoms with E-state index in [1.54, 1.807) is 6.07 Å². The van der Waals surface area contributed by atoms with Gasteiger partial charge in [-0.3, -0.25) is 0 Å². The van der Waals surface area contributed by atoms with Crippen LogP contribution in [0.1, 0.15) is 135 Å². The van der Waals surface area contributed by atoms with Crippen molar-refractivity contribution in [2.75, 3.05) is 34.8 Å². The van der Waals surface area contributed by atoms with Crippen LogP contribution >= 0.6 is 19.4 Å². The van der Waals surface area contributed by atoms with E-state index in [1.165, 1.54) is 33.6 Å². The molecule has 1 fully saturated rings. The van der Waals surface area contributed by atoms with E-state index in [2.05, 4.69) is 125 Å². The number of carbonyl (C=O) groups is 1. The summed E-state index contributed by atoms with van der Waals surface area (Å²) < 4.78 is 9.70. The van der Waals surface area contributed by atoms with Crippen molar-refractivity contribution in [3.63, 3.8) is 0 Å². The summed E-state index contributed by atoms with van der Waals surface area (Å²) in [7, 11) is 16.0. The second-order valence-electron chi connectivity index (χ2n) is 15.3. The molecule has 0 saturated carbocycles. The number of nitrogens with one attached hydrogen (secondary N) is 1. The topological polar surface area (TPSA) is 47.5 Å². The number of anilines is 3. The zero-order valence-corrected chi connectivity index (χ0v) is 36.6. The fourth-order valence-corrected chi connectivity index (χ4v) is 7.99.